The van der Waals surface area contributed by atoms with Gasteiger partial charge >= 0.3 is 5.97 Å². The lowest BCUT2D eigenvalue weighted by atomic mass is 10.1. The van der Waals surface area contributed by atoms with Gasteiger partial charge in [0.25, 0.3) is 5.69 Å². The Kier molecular flexibility index (Phi) is 3.00. The molecule has 6 nitrogen and oxygen atoms in total. The molecular formula is C11H7BrN2O4. The number of benzene rings is 1. The third kappa shape index (κ3) is 2.04. The Morgan fingerprint density at radius 2 is 2.11 bits per heavy atom. The van der Waals surface area contributed by atoms with E-state index in [1.807, 2.05) is 0 Å². The molecule has 0 saturated heterocycles. The van der Waals surface area contributed by atoms with Crippen LogP contribution >= 0.6 is 15.9 Å². The van der Waals surface area contributed by atoms with E-state index in [1.165, 1.54) is 12.1 Å². The molecule has 0 spiro atoms. The largest absolute Gasteiger partial charge is 0.478 e. The summed E-state index contributed by atoms with van der Waals surface area (Å²) >= 11 is 3.06. The number of carboxylic acid groups (broad SMARTS) is 1. The number of carboxylic acids is 1. The summed E-state index contributed by atoms with van der Waals surface area (Å²) in [6.07, 6.45) is 0. The molecule has 0 radical (unpaired) electrons. The molecular weight excluding hydrogens is 304 g/mol. The Morgan fingerprint density at radius 3 is 2.67 bits per heavy atom. The van der Waals surface area contributed by atoms with Crippen LogP contribution in [0, 0.1) is 17.0 Å². The third-order valence-electron chi connectivity index (χ3n) is 2.43. The van der Waals surface area contributed by atoms with E-state index in [2.05, 4.69) is 20.9 Å². The molecule has 0 saturated carbocycles. The lowest BCUT2D eigenvalue weighted by molar-refractivity contribution is -0.383. The maximum absolute atomic E-state index is 11.1. The number of pyridine rings is 1. The van der Waals surface area contributed by atoms with E-state index < -0.39 is 10.9 Å². The maximum atomic E-state index is 11.1. The average Bonchev–Trinajstić information content (AvgIpc) is 2.27. The van der Waals surface area contributed by atoms with Crippen molar-refractivity contribution in [1.82, 2.24) is 4.98 Å². The van der Waals surface area contributed by atoms with E-state index in [0.717, 1.165) is 0 Å². The zero-order valence-corrected chi connectivity index (χ0v) is 10.8. The molecule has 1 aromatic carbocycles. The van der Waals surface area contributed by atoms with E-state index in [0.29, 0.717) is 5.56 Å². The Bertz CT molecular complexity index is 625. The molecule has 18 heavy (non-hydrogen) atoms. The molecule has 2 aromatic rings. The van der Waals surface area contributed by atoms with Crippen molar-refractivity contribution in [2.45, 2.75) is 6.92 Å². The number of aromatic carboxylic acids is 1. The quantitative estimate of drug-likeness (QED) is 0.523. The number of hydrogen-bond acceptors (Lipinski definition) is 4. The molecule has 0 aliphatic carbocycles. The van der Waals surface area contributed by atoms with Crippen LogP contribution in [0.25, 0.3) is 10.9 Å². The normalized spacial score (nSPS) is 10.6. The molecule has 1 aromatic heterocycles. The van der Waals surface area contributed by atoms with Crippen molar-refractivity contribution in [2.75, 3.05) is 0 Å². The van der Waals surface area contributed by atoms with Gasteiger partial charge in [-0.1, -0.05) is 0 Å². The van der Waals surface area contributed by atoms with E-state index in [4.69, 9.17) is 5.11 Å². The fourth-order valence-electron chi connectivity index (χ4n) is 1.73. The Balaban J connectivity index is 2.98. The third-order valence-corrected chi connectivity index (χ3v) is 2.84. The van der Waals surface area contributed by atoms with E-state index >= 15 is 0 Å². The number of hydrogen-bond donors (Lipinski definition) is 1. The van der Waals surface area contributed by atoms with Crippen molar-refractivity contribution >= 4 is 38.5 Å². The number of fused-ring (bicyclic) bond motifs is 1. The lowest BCUT2D eigenvalue weighted by Gasteiger charge is -2.05. The first kappa shape index (κ1) is 12.4. The SMILES string of the molecule is Cc1cc([N+](=O)[O-])c2nc(Br)cc(C(=O)O)c2c1. The summed E-state index contributed by atoms with van der Waals surface area (Å²) in [6.45, 7) is 1.67. The standard InChI is InChI=1S/C11H7BrN2O4/c1-5-2-6-7(11(15)16)4-9(12)13-10(6)8(3-5)14(17)18/h2-4H,1H3,(H,15,16). The Morgan fingerprint density at radius 1 is 1.44 bits per heavy atom. The molecule has 2 rings (SSSR count). The van der Waals surface area contributed by atoms with Gasteiger partial charge in [-0.25, -0.2) is 9.78 Å². The summed E-state index contributed by atoms with van der Waals surface area (Å²) in [5.41, 5.74) is 0.464. The second-order valence-electron chi connectivity index (χ2n) is 3.74. The Labute approximate surface area is 110 Å². The van der Waals surface area contributed by atoms with Crippen molar-refractivity contribution in [3.05, 3.63) is 44.0 Å². The Hall–Kier alpha value is -2.02. The topological polar surface area (TPSA) is 93.3 Å². The second kappa shape index (κ2) is 4.34. The maximum Gasteiger partial charge on any atom is 0.336 e. The first-order chi connectivity index (χ1) is 8.40. The highest BCUT2D eigenvalue weighted by atomic mass is 79.9. The highest BCUT2D eigenvalue weighted by Gasteiger charge is 2.19. The first-order valence-corrected chi connectivity index (χ1v) is 5.68. The number of carbonyl (C=O) groups is 1. The van der Waals surface area contributed by atoms with Crippen molar-refractivity contribution in [3.63, 3.8) is 0 Å². The minimum absolute atomic E-state index is 0.0151. The number of nitrogens with zero attached hydrogens (tertiary/aromatic N) is 2. The molecule has 0 bridgehead atoms. The molecule has 0 atom stereocenters. The van der Waals surface area contributed by atoms with Crippen LogP contribution in [0.4, 0.5) is 5.69 Å². The highest BCUT2D eigenvalue weighted by molar-refractivity contribution is 9.10. The van der Waals surface area contributed by atoms with Gasteiger partial charge < -0.3 is 5.11 Å². The number of halogens is 1. The van der Waals surface area contributed by atoms with Gasteiger partial charge in [0.1, 0.15) is 10.1 Å². The summed E-state index contributed by atoms with van der Waals surface area (Å²) in [6, 6.07) is 4.27. The minimum atomic E-state index is -1.15. The second-order valence-corrected chi connectivity index (χ2v) is 4.55. The zero-order chi connectivity index (χ0) is 13.4. The monoisotopic (exact) mass is 310 g/mol. The molecule has 0 unspecified atom stereocenters. The van der Waals surface area contributed by atoms with Crippen LogP contribution in [0.5, 0.6) is 0 Å². The summed E-state index contributed by atoms with van der Waals surface area (Å²) in [5.74, 6) is -1.15. The summed E-state index contributed by atoms with van der Waals surface area (Å²) in [7, 11) is 0. The van der Waals surface area contributed by atoms with Crippen molar-refractivity contribution in [3.8, 4) is 0 Å². The molecule has 1 heterocycles. The van der Waals surface area contributed by atoms with Gasteiger partial charge in [0, 0.05) is 11.5 Å². The van der Waals surface area contributed by atoms with Gasteiger partial charge in [0.05, 0.1) is 10.5 Å². The number of aryl methyl sites for hydroxylation is 1. The molecule has 0 aliphatic rings. The number of nitro benzene ring substituents is 1. The molecule has 0 amide bonds. The van der Waals surface area contributed by atoms with Gasteiger partial charge in [0.15, 0.2) is 0 Å². The van der Waals surface area contributed by atoms with Gasteiger partial charge in [-0.05, 0) is 40.5 Å². The molecule has 92 valence electrons. The summed E-state index contributed by atoms with van der Waals surface area (Å²) in [4.78, 5) is 25.5. The zero-order valence-electron chi connectivity index (χ0n) is 9.18. The average molecular weight is 311 g/mol. The number of nitro groups is 1. The van der Waals surface area contributed by atoms with Crippen LogP contribution < -0.4 is 0 Å². The summed E-state index contributed by atoms with van der Waals surface area (Å²) < 4.78 is 0.249. The molecule has 0 fully saturated rings. The number of non-ortho nitro benzene ring substituents is 1. The van der Waals surface area contributed by atoms with Crippen LogP contribution in [0.15, 0.2) is 22.8 Å². The highest BCUT2D eigenvalue weighted by Crippen LogP contribution is 2.30. The number of rotatable bonds is 2. The van der Waals surface area contributed by atoms with E-state index in [1.54, 1.807) is 13.0 Å². The fourth-order valence-corrected chi connectivity index (χ4v) is 2.14. The van der Waals surface area contributed by atoms with Crippen LogP contribution in [0.2, 0.25) is 0 Å². The fraction of sp³-hybridized carbons (Fsp3) is 0.0909. The minimum Gasteiger partial charge on any atom is -0.478 e. The van der Waals surface area contributed by atoms with Crippen LogP contribution in [0.3, 0.4) is 0 Å². The van der Waals surface area contributed by atoms with Crippen LogP contribution in [-0.4, -0.2) is 21.0 Å². The van der Waals surface area contributed by atoms with Gasteiger partial charge in [0.2, 0.25) is 0 Å². The molecule has 7 heteroatoms. The lowest BCUT2D eigenvalue weighted by Crippen LogP contribution is -2.01. The van der Waals surface area contributed by atoms with Crippen molar-refractivity contribution < 1.29 is 14.8 Å². The van der Waals surface area contributed by atoms with E-state index in [9.17, 15) is 14.9 Å². The summed E-state index contributed by atoms with van der Waals surface area (Å²) in [5, 5.41) is 20.3. The van der Waals surface area contributed by atoms with Crippen molar-refractivity contribution in [2.24, 2.45) is 0 Å². The first-order valence-electron chi connectivity index (χ1n) is 4.88. The van der Waals surface area contributed by atoms with Gasteiger partial charge in [-0.15, -0.1) is 0 Å². The predicted molar refractivity (Wildman–Crippen MR) is 67.8 cm³/mol. The number of aromatic nitrogens is 1. The molecule has 0 aliphatic heterocycles. The van der Waals surface area contributed by atoms with E-state index in [-0.39, 0.29) is 26.8 Å². The smallest absolute Gasteiger partial charge is 0.336 e. The predicted octanol–water partition coefficient (Wildman–Crippen LogP) is 2.91. The van der Waals surface area contributed by atoms with Crippen molar-refractivity contribution in [1.29, 1.82) is 0 Å². The van der Waals surface area contributed by atoms with Gasteiger partial charge in [-0.2, -0.15) is 0 Å². The van der Waals surface area contributed by atoms with Gasteiger partial charge in [-0.3, -0.25) is 10.1 Å². The molecule has 1 N–H and O–H groups in total. The van der Waals surface area contributed by atoms with Crippen LogP contribution in [-0.2, 0) is 0 Å². The van der Waals surface area contributed by atoms with Crippen LogP contribution in [0.1, 0.15) is 15.9 Å².